The number of carbonyl (C=O) groups is 2. The smallest absolute Gasteiger partial charge is 0.329 e. The Kier molecular flexibility index (Phi) is 8.56. The first-order chi connectivity index (χ1) is 19.4. The fourth-order valence-electron chi connectivity index (χ4n) is 5.87. The van der Waals surface area contributed by atoms with Gasteiger partial charge < -0.3 is 20.1 Å². The molecule has 40 heavy (non-hydrogen) atoms. The normalized spacial score (nSPS) is 20.7. The summed E-state index contributed by atoms with van der Waals surface area (Å²) in [5.74, 6) is 0.548. The summed E-state index contributed by atoms with van der Waals surface area (Å²) in [6.07, 6.45) is 3.18. The van der Waals surface area contributed by atoms with E-state index in [2.05, 4.69) is 16.7 Å². The van der Waals surface area contributed by atoms with Gasteiger partial charge in [0.05, 0.1) is 30.7 Å². The van der Waals surface area contributed by atoms with Crippen molar-refractivity contribution in [2.45, 2.75) is 58.2 Å². The van der Waals surface area contributed by atoms with Crippen LogP contribution in [-0.2, 0) is 33.8 Å². The van der Waals surface area contributed by atoms with Gasteiger partial charge in [0.1, 0.15) is 12.4 Å². The van der Waals surface area contributed by atoms with Gasteiger partial charge in [0.2, 0.25) is 5.91 Å². The van der Waals surface area contributed by atoms with Crippen LogP contribution in [0.2, 0.25) is 0 Å². The number of aryl methyl sites for hydroxylation is 3. The molecule has 10 heteroatoms. The molecule has 1 spiro atoms. The Balaban J connectivity index is 1.25. The van der Waals surface area contributed by atoms with E-state index in [1.807, 2.05) is 55.1 Å². The number of rotatable bonds is 5. The van der Waals surface area contributed by atoms with Gasteiger partial charge in [-0.05, 0) is 69.4 Å². The number of carbonyl (C=O) groups excluding carboxylic acids is 2. The lowest BCUT2D eigenvalue weighted by atomic mass is 9.91. The summed E-state index contributed by atoms with van der Waals surface area (Å²) < 4.78 is 15.5. The summed E-state index contributed by atoms with van der Waals surface area (Å²) in [6, 6.07) is 13.6. The molecule has 2 aliphatic heterocycles. The minimum Gasteiger partial charge on any atom is -0.491 e. The Labute approximate surface area is 234 Å². The average molecular weight is 550 g/mol. The molecule has 2 aliphatic rings. The van der Waals surface area contributed by atoms with Gasteiger partial charge in [0.25, 0.3) is 5.91 Å². The van der Waals surface area contributed by atoms with Crippen molar-refractivity contribution < 1.29 is 19.1 Å². The lowest BCUT2D eigenvalue weighted by Crippen LogP contribution is -2.61. The SMILES string of the molecule is CCn1c(=O)n(CC)c2cc(NC(=O)CN3CCOC4(CCCCc5ccccc5OCCNC4=O)C3)ccc21. The Bertz CT molecular complexity index is 1430. The summed E-state index contributed by atoms with van der Waals surface area (Å²) in [6.45, 7) is 7.20. The molecule has 0 saturated carbocycles. The minimum atomic E-state index is -1.00. The molecule has 214 valence electrons. The lowest BCUT2D eigenvalue weighted by molar-refractivity contribution is -0.163. The standard InChI is InChI=1S/C30H39N5O5/c1-3-34-24-13-12-23(19-25(24)35(4-2)29(34)38)32-27(36)20-33-16-18-40-30(21-33)14-8-7-10-22-9-5-6-11-26(22)39-17-15-31-28(30)37/h5-6,9,11-13,19H,3-4,7-8,10,14-18,20-21H2,1-2H3,(H,31,37)(H,32,36). The fraction of sp³-hybridized carbons (Fsp3) is 0.500. The number of hydrogen-bond acceptors (Lipinski definition) is 6. The summed E-state index contributed by atoms with van der Waals surface area (Å²) >= 11 is 0. The van der Waals surface area contributed by atoms with E-state index in [9.17, 15) is 14.4 Å². The van der Waals surface area contributed by atoms with Crippen molar-refractivity contribution in [1.29, 1.82) is 0 Å². The van der Waals surface area contributed by atoms with Crippen molar-refractivity contribution in [3.05, 3.63) is 58.5 Å². The van der Waals surface area contributed by atoms with Crippen LogP contribution in [0.15, 0.2) is 47.3 Å². The zero-order chi connectivity index (χ0) is 28.1. The Hall–Kier alpha value is -3.63. The first kappa shape index (κ1) is 27.9. The van der Waals surface area contributed by atoms with Crippen LogP contribution in [0.4, 0.5) is 5.69 Å². The molecule has 1 atom stereocenters. The topological polar surface area (TPSA) is 107 Å². The maximum Gasteiger partial charge on any atom is 0.329 e. The summed E-state index contributed by atoms with van der Waals surface area (Å²) in [4.78, 5) is 41.1. The van der Waals surface area contributed by atoms with Gasteiger partial charge in [-0.2, -0.15) is 0 Å². The van der Waals surface area contributed by atoms with Gasteiger partial charge in [-0.25, -0.2) is 4.79 Å². The van der Waals surface area contributed by atoms with E-state index >= 15 is 0 Å². The van der Waals surface area contributed by atoms with Crippen molar-refractivity contribution in [2.75, 3.05) is 44.7 Å². The van der Waals surface area contributed by atoms with E-state index in [0.29, 0.717) is 58.0 Å². The quantitative estimate of drug-likeness (QED) is 0.507. The molecule has 0 bridgehead atoms. The van der Waals surface area contributed by atoms with Crippen molar-refractivity contribution in [3.8, 4) is 5.75 Å². The molecule has 1 unspecified atom stereocenters. The van der Waals surface area contributed by atoms with Crippen molar-refractivity contribution >= 4 is 28.5 Å². The van der Waals surface area contributed by atoms with E-state index in [1.165, 1.54) is 5.56 Å². The number of para-hydroxylation sites is 1. The Morgan fingerprint density at radius 2 is 1.82 bits per heavy atom. The number of nitrogens with zero attached hydrogens (tertiary/aromatic N) is 3. The van der Waals surface area contributed by atoms with Crippen LogP contribution >= 0.6 is 0 Å². The summed E-state index contributed by atoms with van der Waals surface area (Å²) in [5.41, 5.74) is 2.41. The largest absolute Gasteiger partial charge is 0.491 e. The first-order valence-electron chi connectivity index (χ1n) is 14.3. The second-order valence-corrected chi connectivity index (χ2v) is 10.5. The molecule has 10 nitrogen and oxygen atoms in total. The third-order valence-corrected chi connectivity index (χ3v) is 7.88. The van der Waals surface area contributed by atoms with E-state index in [1.54, 1.807) is 9.13 Å². The highest BCUT2D eigenvalue weighted by molar-refractivity contribution is 5.94. The Morgan fingerprint density at radius 3 is 2.65 bits per heavy atom. The van der Waals surface area contributed by atoms with Crippen LogP contribution in [0.25, 0.3) is 11.0 Å². The van der Waals surface area contributed by atoms with E-state index in [4.69, 9.17) is 9.47 Å². The lowest BCUT2D eigenvalue weighted by Gasteiger charge is -2.41. The zero-order valence-corrected chi connectivity index (χ0v) is 23.4. The molecule has 3 aromatic rings. The number of amides is 2. The fourth-order valence-corrected chi connectivity index (χ4v) is 5.87. The summed E-state index contributed by atoms with van der Waals surface area (Å²) in [7, 11) is 0. The minimum absolute atomic E-state index is 0.0480. The third kappa shape index (κ3) is 5.78. The molecule has 1 fully saturated rings. The van der Waals surface area contributed by atoms with Crippen LogP contribution < -0.4 is 21.1 Å². The molecule has 2 N–H and O–H groups in total. The molecule has 0 aliphatic carbocycles. The molecule has 2 amide bonds. The molecule has 2 aromatic carbocycles. The van der Waals surface area contributed by atoms with Crippen molar-refractivity contribution in [3.63, 3.8) is 0 Å². The number of hydrogen-bond donors (Lipinski definition) is 2. The van der Waals surface area contributed by atoms with Crippen molar-refractivity contribution in [2.24, 2.45) is 0 Å². The van der Waals surface area contributed by atoms with Crippen molar-refractivity contribution in [1.82, 2.24) is 19.4 Å². The van der Waals surface area contributed by atoms with E-state index in [-0.39, 0.29) is 24.0 Å². The second-order valence-electron chi connectivity index (χ2n) is 10.5. The first-order valence-corrected chi connectivity index (χ1v) is 14.3. The van der Waals surface area contributed by atoms with Crippen LogP contribution in [0, 0.1) is 0 Å². The van der Waals surface area contributed by atoms with Gasteiger partial charge in [-0.1, -0.05) is 18.2 Å². The van der Waals surface area contributed by atoms with Gasteiger partial charge in [-0.3, -0.25) is 23.6 Å². The van der Waals surface area contributed by atoms with Gasteiger partial charge in [-0.15, -0.1) is 0 Å². The van der Waals surface area contributed by atoms with Crippen LogP contribution in [0.5, 0.6) is 5.75 Å². The van der Waals surface area contributed by atoms with Gasteiger partial charge in [0.15, 0.2) is 5.60 Å². The molecule has 5 rings (SSSR count). The number of nitrogens with one attached hydrogen (secondary N) is 2. The van der Waals surface area contributed by atoms with Gasteiger partial charge in [0, 0.05) is 31.9 Å². The number of fused-ring (bicyclic) bond motifs is 2. The number of aromatic nitrogens is 2. The Morgan fingerprint density at radius 1 is 1.02 bits per heavy atom. The number of imidazole rings is 1. The van der Waals surface area contributed by atoms with Crippen LogP contribution in [0.3, 0.4) is 0 Å². The highest BCUT2D eigenvalue weighted by Crippen LogP contribution is 2.28. The van der Waals surface area contributed by atoms with Crippen LogP contribution in [-0.4, -0.2) is 70.8 Å². The summed E-state index contributed by atoms with van der Waals surface area (Å²) in [5, 5.41) is 5.98. The zero-order valence-electron chi connectivity index (χ0n) is 23.4. The maximum absolute atomic E-state index is 13.4. The number of anilines is 1. The maximum atomic E-state index is 13.4. The number of morpholine rings is 1. The predicted molar refractivity (Wildman–Crippen MR) is 154 cm³/mol. The number of ether oxygens (including phenoxy) is 2. The van der Waals surface area contributed by atoms with E-state index in [0.717, 1.165) is 36.0 Å². The molecular formula is C30H39N5O5. The molecule has 3 heterocycles. The molecule has 1 saturated heterocycles. The molecule has 1 aromatic heterocycles. The number of benzene rings is 2. The van der Waals surface area contributed by atoms with Crippen LogP contribution in [0.1, 0.15) is 38.7 Å². The third-order valence-electron chi connectivity index (χ3n) is 7.88. The highest BCUT2D eigenvalue weighted by atomic mass is 16.5. The average Bonchev–Trinajstić information content (AvgIpc) is 3.22. The highest BCUT2D eigenvalue weighted by Gasteiger charge is 2.43. The molecular weight excluding hydrogens is 510 g/mol. The second kappa shape index (κ2) is 12.3. The molecule has 0 radical (unpaired) electrons. The predicted octanol–water partition coefficient (Wildman–Crippen LogP) is 2.77. The van der Waals surface area contributed by atoms with E-state index < -0.39 is 5.60 Å². The monoisotopic (exact) mass is 549 g/mol. The van der Waals surface area contributed by atoms with Gasteiger partial charge >= 0.3 is 5.69 Å².